The molecule has 0 aliphatic carbocycles. The zero-order chi connectivity index (χ0) is 18.4. The lowest BCUT2D eigenvalue weighted by atomic mass is 10.2. The molecule has 0 fully saturated rings. The molecule has 2 aromatic rings. The highest BCUT2D eigenvalue weighted by Crippen LogP contribution is 2.30. The van der Waals surface area contributed by atoms with Crippen LogP contribution in [0.5, 0.6) is 5.75 Å². The molecule has 0 saturated heterocycles. The van der Waals surface area contributed by atoms with Crippen molar-refractivity contribution in [2.45, 2.75) is 26.1 Å². The first-order valence-electron chi connectivity index (χ1n) is 7.72. The Kier molecular flexibility index (Phi) is 5.90. The van der Waals surface area contributed by atoms with Gasteiger partial charge in [-0.1, -0.05) is 12.1 Å². The van der Waals surface area contributed by atoms with Crippen LogP contribution in [0.1, 0.15) is 19.4 Å². The molecule has 0 unspecified atom stereocenters. The van der Waals surface area contributed by atoms with E-state index in [1.165, 1.54) is 12.1 Å². The van der Waals surface area contributed by atoms with Crippen LogP contribution in [0.15, 0.2) is 48.5 Å². The second kappa shape index (κ2) is 7.92. The van der Waals surface area contributed by atoms with Crippen LogP contribution in [0.4, 0.5) is 24.5 Å². The number of hydrogen-bond acceptors (Lipinski definition) is 3. The smallest absolute Gasteiger partial charge is 0.416 e. The van der Waals surface area contributed by atoms with Gasteiger partial charge in [-0.25, -0.2) is 0 Å². The highest BCUT2D eigenvalue weighted by atomic mass is 19.4. The van der Waals surface area contributed by atoms with Crippen LogP contribution < -0.4 is 15.4 Å². The fraction of sp³-hybridized carbons (Fsp3) is 0.278. The Morgan fingerprint density at radius 3 is 2.44 bits per heavy atom. The molecular weight excluding hydrogens is 333 g/mol. The summed E-state index contributed by atoms with van der Waals surface area (Å²) in [4.78, 5) is 12.0. The normalized spacial score (nSPS) is 11.3. The van der Waals surface area contributed by atoms with Crippen LogP contribution in [0.25, 0.3) is 0 Å². The Bertz CT molecular complexity index is 730. The van der Waals surface area contributed by atoms with Crippen molar-refractivity contribution in [3.63, 3.8) is 0 Å². The van der Waals surface area contributed by atoms with Crippen LogP contribution in [0.3, 0.4) is 0 Å². The van der Waals surface area contributed by atoms with E-state index in [0.29, 0.717) is 11.4 Å². The molecule has 2 aromatic carbocycles. The number of ether oxygens (including phenoxy) is 1. The van der Waals surface area contributed by atoms with Gasteiger partial charge in [-0.3, -0.25) is 4.79 Å². The highest BCUT2D eigenvalue weighted by Gasteiger charge is 2.30. The molecule has 2 rings (SSSR count). The molecule has 1 amide bonds. The first-order chi connectivity index (χ1) is 11.7. The quantitative estimate of drug-likeness (QED) is 0.802. The molecule has 0 aliphatic heterocycles. The summed E-state index contributed by atoms with van der Waals surface area (Å²) in [5.41, 5.74) is 0.00676. The minimum atomic E-state index is -4.42. The summed E-state index contributed by atoms with van der Waals surface area (Å²) in [6.07, 6.45) is -4.41. The third-order valence-electron chi connectivity index (χ3n) is 3.13. The monoisotopic (exact) mass is 352 g/mol. The number of carbonyl (C=O) groups excluding carboxylic acids is 1. The number of rotatable bonds is 6. The van der Waals surface area contributed by atoms with E-state index in [2.05, 4.69) is 10.6 Å². The van der Waals surface area contributed by atoms with Crippen molar-refractivity contribution in [3.8, 4) is 5.75 Å². The van der Waals surface area contributed by atoms with Crippen molar-refractivity contribution >= 4 is 17.3 Å². The zero-order valence-electron chi connectivity index (χ0n) is 13.9. The van der Waals surface area contributed by atoms with Crippen molar-refractivity contribution in [1.29, 1.82) is 0 Å². The summed E-state index contributed by atoms with van der Waals surface area (Å²) >= 11 is 0. The van der Waals surface area contributed by atoms with Gasteiger partial charge < -0.3 is 15.4 Å². The van der Waals surface area contributed by atoms with E-state index in [4.69, 9.17) is 4.74 Å². The Labute approximate surface area is 144 Å². The van der Waals surface area contributed by atoms with E-state index in [0.717, 1.165) is 12.1 Å². The number of halogens is 3. The largest absolute Gasteiger partial charge is 0.491 e. The molecule has 134 valence electrons. The van der Waals surface area contributed by atoms with E-state index in [-0.39, 0.29) is 24.2 Å². The Morgan fingerprint density at radius 1 is 1.08 bits per heavy atom. The number of hydrogen-bond donors (Lipinski definition) is 2. The van der Waals surface area contributed by atoms with Crippen LogP contribution in [0.2, 0.25) is 0 Å². The molecule has 0 heterocycles. The lowest BCUT2D eigenvalue weighted by Crippen LogP contribution is -2.22. The second-order valence-corrected chi connectivity index (χ2v) is 5.67. The minimum absolute atomic E-state index is 0.00790. The van der Waals surface area contributed by atoms with Gasteiger partial charge in [-0.05, 0) is 44.2 Å². The van der Waals surface area contributed by atoms with Crippen molar-refractivity contribution < 1.29 is 22.7 Å². The molecule has 2 N–H and O–H groups in total. The van der Waals surface area contributed by atoms with E-state index in [1.54, 1.807) is 24.3 Å². The maximum Gasteiger partial charge on any atom is 0.416 e. The number of carbonyl (C=O) groups is 1. The molecule has 0 spiro atoms. The first kappa shape index (κ1) is 18.6. The van der Waals surface area contributed by atoms with E-state index < -0.39 is 11.7 Å². The molecule has 0 saturated carbocycles. The van der Waals surface area contributed by atoms with Gasteiger partial charge in [0.2, 0.25) is 5.91 Å². The Morgan fingerprint density at radius 2 is 1.76 bits per heavy atom. The predicted octanol–water partition coefficient (Wildman–Crippen LogP) is 4.54. The lowest BCUT2D eigenvalue weighted by Gasteiger charge is -2.12. The standard InChI is InChI=1S/C18H19F3N2O2/c1-12(2)25-16-8-4-7-15(10-16)23-17(24)11-22-14-6-3-5-13(9-14)18(19,20)21/h3-10,12,22H,11H2,1-2H3,(H,23,24). The van der Waals surface area contributed by atoms with Crippen LogP contribution in [-0.2, 0) is 11.0 Å². The van der Waals surface area contributed by atoms with Gasteiger partial charge in [0, 0.05) is 17.4 Å². The maximum absolute atomic E-state index is 12.7. The zero-order valence-corrected chi connectivity index (χ0v) is 13.9. The van der Waals surface area contributed by atoms with Gasteiger partial charge in [-0.2, -0.15) is 13.2 Å². The predicted molar refractivity (Wildman–Crippen MR) is 90.8 cm³/mol. The van der Waals surface area contributed by atoms with Crippen molar-refractivity contribution in [2.24, 2.45) is 0 Å². The van der Waals surface area contributed by atoms with Crippen LogP contribution >= 0.6 is 0 Å². The maximum atomic E-state index is 12.7. The summed E-state index contributed by atoms with van der Waals surface area (Å²) in [5, 5.41) is 5.35. The van der Waals surface area contributed by atoms with Crippen LogP contribution in [0, 0.1) is 0 Å². The number of amides is 1. The SMILES string of the molecule is CC(C)Oc1cccc(NC(=O)CNc2cccc(C(F)(F)F)c2)c1. The van der Waals surface area contributed by atoms with Gasteiger partial charge in [0.1, 0.15) is 5.75 Å². The molecule has 0 aromatic heterocycles. The number of benzene rings is 2. The highest BCUT2D eigenvalue weighted by molar-refractivity contribution is 5.93. The summed E-state index contributed by atoms with van der Waals surface area (Å²) in [6.45, 7) is 3.63. The lowest BCUT2D eigenvalue weighted by molar-refractivity contribution is -0.137. The summed E-state index contributed by atoms with van der Waals surface area (Å²) < 4.78 is 43.5. The first-order valence-corrected chi connectivity index (χ1v) is 7.72. The van der Waals surface area contributed by atoms with Crippen molar-refractivity contribution in [3.05, 3.63) is 54.1 Å². The Hall–Kier alpha value is -2.70. The average molecular weight is 352 g/mol. The van der Waals surface area contributed by atoms with Gasteiger partial charge in [-0.15, -0.1) is 0 Å². The molecular formula is C18H19F3N2O2. The van der Waals surface area contributed by atoms with Crippen LogP contribution in [-0.4, -0.2) is 18.6 Å². The second-order valence-electron chi connectivity index (χ2n) is 5.67. The van der Waals surface area contributed by atoms with Gasteiger partial charge >= 0.3 is 6.18 Å². The van der Waals surface area contributed by atoms with Gasteiger partial charge in [0.15, 0.2) is 0 Å². The topological polar surface area (TPSA) is 50.4 Å². The average Bonchev–Trinajstić information content (AvgIpc) is 2.52. The van der Waals surface area contributed by atoms with E-state index >= 15 is 0 Å². The molecule has 25 heavy (non-hydrogen) atoms. The molecule has 0 aliphatic rings. The number of nitrogens with one attached hydrogen (secondary N) is 2. The summed E-state index contributed by atoms with van der Waals surface area (Å²) in [7, 11) is 0. The number of anilines is 2. The molecule has 7 heteroatoms. The fourth-order valence-corrected chi connectivity index (χ4v) is 2.11. The minimum Gasteiger partial charge on any atom is -0.491 e. The number of alkyl halides is 3. The van der Waals surface area contributed by atoms with Gasteiger partial charge in [0.25, 0.3) is 0 Å². The van der Waals surface area contributed by atoms with E-state index in [1.807, 2.05) is 13.8 Å². The molecule has 0 bridgehead atoms. The molecule has 4 nitrogen and oxygen atoms in total. The van der Waals surface area contributed by atoms with Crippen molar-refractivity contribution in [2.75, 3.05) is 17.2 Å². The van der Waals surface area contributed by atoms with E-state index in [9.17, 15) is 18.0 Å². The molecule has 0 atom stereocenters. The Balaban J connectivity index is 1.93. The third kappa shape index (κ3) is 6.02. The third-order valence-corrected chi connectivity index (χ3v) is 3.13. The van der Waals surface area contributed by atoms with Gasteiger partial charge in [0.05, 0.1) is 18.2 Å². The summed E-state index contributed by atoms with van der Waals surface area (Å²) in [5.74, 6) is 0.248. The fourth-order valence-electron chi connectivity index (χ4n) is 2.11. The molecule has 0 radical (unpaired) electrons. The van der Waals surface area contributed by atoms with Crippen molar-refractivity contribution in [1.82, 2.24) is 0 Å². The summed E-state index contributed by atoms with van der Waals surface area (Å²) in [6, 6.07) is 11.6.